The SMILES string of the molecule is NN(C#CCI)C(=O)O. The minimum absolute atomic E-state index is 0.429. The number of hydrogen-bond donors (Lipinski definition) is 2. The van der Waals surface area contributed by atoms with Gasteiger partial charge in [-0.25, -0.2) is 10.6 Å². The summed E-state index contributed by atoms with van der Waals surface area (Å²) < 4.78 is 0.568. The molecule has 0 fully saturated rings. The van der Waals surface area contributed by atoms with Crippen LogP contribution in [-0.2, 0) is 0 Å². The first-order valence-corrected chi connectivity index (χ1v) is 3.53. The molecule has 9 heavy (non-hydrogen) atoms. The molecule has 0 radical (unpaired) electrons. The number of nitrogens with two attached hydrogens (primary N) is 1. The number of nitrogens with zero attached hydrogens (tertiary/aromatic N) is 1. The molecule has 0 saturated carbocycles. The van der Waals surface area contributed by atoms with Crippen LogP contribution in [0.5, 0.6) is 0 Å². The molecule has 0 unspecified atom stereocenters. The quantitative estimate of drug-likeness (QED) is 0.121. The van der Waals surface area contributed by atoms with E-state index in [2.05, 4.69) is 12.0 Å². The van der Waals surface area contributed by atoms with Gasteiger partial charge in [-0.1, -0.05) is 28.5 Å². The second-order valence-corrected chi connectivity index (χ2v) is 1.84. The van der Waals surface area contributed by atoms with Gasteiger partial charge in [-0.2, -0.15) is 5.01 Å². The van der Waals surface area contributed by atoms with Gasteiger partial charge in [0.2, 0.25) is 0 Å². The third-order valence-corrected chi connectivity index (χ3v) is 0.854. The van der Waals surface area contributed by atoms with Crippen LogP contribution in [0.2, 0.25) is 0 Å². The number of halogens is 1. The first-order valence-electron chi connectivity index (χ1n) is 2.00. The lowest BCUT2D eigenvalue weighted by Crippen LogP contribution is -2.31. The van der Waals surface area contributed by atoms with Crippen LogP contribution < -0.4 is 5.84 Å². The summed E-state index contributed by atoms with van der Waals surface area (Å²) in [5, 5.41) is 8.53. The molecule has 0 aliphatic carbocycles. The Labute approximate surface area is 66.1 Å². The van der Waals surface area contributed by atoms with Crippen molar-refractivity contribution in [1.82, 2.24) is 5.01 Å². The van der Waals surface area contributed by atoms with Gasteiger partial charge < -0.3 is 5.11 Å². The number of carbonyl (C=O) groups is 1. The van der Waals surface area contributed by atoms with E-state index >= 15 is 0 Å². The molecule has 0 aliphatic rings. The maximum atomic E-state index is 9.90. The van der Waals surface area contributed by atoms with Crippen LogP contribution in [0.3, 0.4) is 0 Å². The fraction of sp³-hybridized carbons (Fsp3) is 0.250. The van der Waals surface area contributed by atoms with E-state index < -0.39 is 6.09 Å². The fourth-order valence-corrected chi connectivity index (χ4v) is 0.333. The lowest BCUT2D eigenvalue weighted by molar-refractivity contribution is 0.166. The number of hydrazine groups is 1. The molecule has 0 aromatic rings. The second kappa shape index (κ2) is 4.40. The molecule has 0 bridgehead atoms. The highest BCUT2D eigenvalue weighted by Crippen LogP contribution is 1.77. The Morgan fingerprint density at radius 2 is 2.44 bits per heavy atom. The Kier molecular flexibility index (Phi) is 4.17. The van der Waals surface area contributed by atoms with Crippen LogP contribution in [-0.4, -0.2) is 20.6 Å². The molecule has 0 aromatic heterocycles. The number of alkyl halides is 1. The van der Waals surface area contributed by atoms with Crippen molar-refractivity contribution in [2.24, 2.45) is 5.84 Å². The number of carboxylic acid groups (broad SMARTS) is 1. The zero-order valence-electron chi connectivity index (χ0n) is 4.47. The Morgan fingerprint density at radius 3 is 2.78 bits per heavy atom. The summed E-state index contributed by atoms with van der Waals surface area (Å²) in [6, 6.07) is 2.19. The Hall–Kier alpha value is -0.480. The minimum Gasteiger partial charge on any atom is -0.463 e. The fourth-order valence-electron chi connectivity index (χ4n) is 0.163. The highest BCUT2D eigenvalue weighted by atomic mass is 127. The summed E-state index contributed by atoms with van der Waals surface area (Å²) in [6.07, 6.45) is -1.24. The maximum absolute atomic E-state index is 9.90. The minimum atomic E-state index is -1.24. The largest absolute Gasteiger partial charge is 0.463 e. The van der Waals surface area contributed by atoms with E-state index in [1.54, 1.807) is 0 Å². The van der Waals surface area contributed by atoms with E-state index in [-0.39, 0.29) is 0 Å². The standard InChI is InChI=1S/C4H5IN2O2/c5-2-1-3-7(6)4(8)9/h2,6H2,(H,8,9). The smallest absolute Gasteiger partial charge is 0.434 e. The van der Waals surface area contributed by atoms with Crippen molar-refractivity contribution >= 4 is 28.7 Å². The Morgan fingerprint density at radius 1 is 1.89 bits per heavy atom. The zero-order chi connectivity index (χ0) is 7.28. The summed E-state index contributed by atoms with van der Waals surface area (Å²) in [6.45, 7) is 0. The molecule has 0 spiro atoms. The molecule has 0 aromatic carbocycles. The number of rotatable bonds is 0. The number of hydrogen-bond acceptors (Lipinski definition) is 2. The predicted octanol–water partition coefficient (Wildman–Crippen LogP) is 0.236. The molecule has 0 heterocycles. The molecule has 1 amide bonds. The first-order chi connectivity index (χ1) is 4.18. The molecule has 3 N–H and O–H groups in total. The average Bonchev–Trinajstić information content (AvgIpc) is 1.82. The third-order valence-electron chi connectivity index (χ3n) is 0.472. The molecule has 0 atom stereocenters. The molecule has 0 saturated heterocycles. The summed E-state index contributed by atoms with van der Waals surface area (Å²) in [7, 11) is 0. The molecule has 0 rings (SSSR count). The molecular weight excluding hydrogens is 235 g/mol. The van der Waals surface area contributed by atoms with Gasteiger partial charge in [-0.05, 0) is 0 Å². The van der Waals surface area contributed by atoms with E-state index in [0.29, 0.717) is 9.44 Å². The zero-order valence-corrected chi connectivity index (χ0v) is 6.62. The van der Waals surface area contributed by atoms with Gasteiger partial charge in [0.25, 0.3) is 0 Å². The Balaban J connectivity index is 3.75. The molecule has 5 heteroatoms. The lowest BCUT2D eigenvalue weighted by Gasteiger charge is -1.98. The maximum Gasteiger partial charge on any atom is 0.434 e. The van der Waals surface area contributed by atoms with Crippen molar-refractivity contribution in [3.63, 3.8) is 0 Å². The van der Waals surface area contributed by atoms with E-state index in [0.717, 1.165) is 0 Å². The van der Waals surface area contributed by atoms with Gasteiger partial charge in [0.1, 0.15) is 0 Å². The van der Waals surface area contributed by atoms with Gasteiger partial charge in [0.15, 0.2) is 0 Å². The highest BCUT2D eigenvalue weighted by Gasteiger charge is 1.98. The van der Waals surface area contributed by atoms with Gasteiger partial charge >= 0.3 is 6.09 Å². The summed E-state index contributed by atoms with van der Waals surface area (Å²) in [4.78, 5) is 9.90. The van der Waals surface area contributed by atoms with E-state index in [1.165, 1.54) is 0 Å². The molecule has 0 aliphatic heterocycles. The van der Waals surface area contributed by atoms with Crippen molar-refractivity contribution in [2.75, 3.05) is 4.43 Å². The van der Waals surface area contributed by atoms with Crippen LogP contribution in [0.4, 0.5) is 4.79 Å². The van der Waals surface area contributed by atoms with E-state index in [1.807, 2.05) is 22.6 Å². The topological polar surface area (TPSA) is 66.6 Å². The van der Waals surface area contributed by atoms with E-state index in [4.69, 9.17) is 10.9 Å². The van der Waals surface area contributed by atoms with Gasteiger partial charge in [-0.3, -0.25) is 0 Å². The van der Waals surface area contributed by atoms with Crippen molar-refractivity contribution < 1.29 is 9.90 Å². The van der Waals surface area contributed by atoms with E-state index in [9.17, 15) is 4.79 Å². The average molecular weight is 240 g/mol. The van der Waals surface area contributed by atoms with Crippen LogP contribution in [0.1, 0.15) is 0 Å². The van der Waals surface area contributed by atoms with Crippen LogP contribution in [0, 0.1) is 12.0 Å². The lowest BCUT2D eigenvalue weighted by atomic mass is 10.8. The van der Waals surface area contributed by atoms with Crippen LogP contribution in [0.15, 0.2) is 0 Å². The summed E-state index contributed by atoms with van der Waals surface area (Å²) >= 11 is 2.00. The molecule has 4 nitrogen and oxygen atoms in total. The highest BCUT2D eigenvalue weighted by molar-refractivity contribution is 14.1. The monoisotopic (exact) mass is 240 g/mol. The van der Waals surface area contributed by atoms with Crippen molar-refractivity contribution in [3.05, 3.63) is 0 Å². The number of amides is 1. The van der Waals surface area contributed by atoms with Gasteiger partial charge in [0, 0.05) is 6.04 Å². The van der Waals surface area contributed by atoms with Crippen molar-refractivity contribution in [3.8, 4) is 12.0 Å². The predicted molar refractivity (Wildman–Crippen MR) is 40.7 cm³/mol. The first kappa shape index (κ1) is 8.52. The van der Waals surface area contributed by atoms with Gasteiger partial charge in [0.05, 0.1) is 4.43 Å². The van der Waals surface area contributed by atoms with Crippen LogP contribution in [0.25, 0.3) is 0 Å². The molecular formula is C4H5IN2O2. The second-order valence-electron chi connectivity index (χ2n) is 1.07. The van der Waals surface area contributed by atoms with Crippen LogP contribution >= 0.6 is 22.6 Å². The molecule has 50 valence electrons. The van der Waals surface area contributed by atoms with Crippen molar-refractivity contribution in [1.29, 1.82) is 0 Å². The van der Waals surface area contributed by atoms with Crippen molar-refractivity contribution in [2.45, 2.75) is 0 Å². The summed E-state index contributed by atoms with van der Waals surface area (Å²) in [5.41, 5.74) is 0. The van der Waals surface area contributed by atoms with Gasteiger partial charge in [-0.15, -0.1) is 0 Å². The Bertz CT molecular complexity index is 160. The summed E-state index contributed by atoms with van der Waals surface area (Å²) in [5.74, 6) is 7.35. The normalized spacial score (nSPS) is 7.33. The third kappa shape index (κ3) is 4.05.